The van der Waals surface area contributed by atoms with Crippen molar-refractivity contribution in [3.05, 3.63) is 82.8 Å². The maximum absolute atomic E-state index is 12.3. The normalized spacial score (nSPS) is 10.2. The molecule has 25 heavy (non-hydrogen) atoms. The number of carbonyl (C=O) groups is 1. The Morgan fingerprint density at radius 1 is 0.920 bits per heavy atom. The first-order valence-electron chi connectivity index (χ1n) is 7.63. The van der Waals surface area contributed by atoms with Crippen LogP contribution < -0.4 is 14.8 Å². The summed E-state index contributed by atoms with van der Waals surface area (Å²) in [7, 11) is 1.58. The first-order chi connectivity index (χ1) is 12.2. The van der Waals surface area contributed by atoms with Gasteiger partial charge >= 0.3 is 0 Å². The lowest BCUT2D eigenvalue weighted by molar-refractivity contribution is 0.102. The minimum absolute atomic E-state index is 0.194. The topological polar surface area (TPSA) is 47.6 Å². The zero-order valence-electron chi connectivity index (χ0n) is 13.5. The van der Waals surface area contributed by atoms with Gasteiger partial charge < -0.3 is 14.8 Å². The molecule has 0 saturated carbocycles. The number of anilines is 1. The van der Waals surface area contributed by atoms with Crippen LogP contribution in [0.4, 0.5) is 5.69 Å². The predicted molar refractivity (Wildman–Crippen MR) is 102 cm³/mol. The quantitative estimate of drug-likeness (QED) is 0.617. The van der Waals surface area contributed by atoms with E-state index in [1.807, 2.05) is 42.5 Å². The maximum Gasteiger partial charge on any atom is 0.255 e. The van der Waals surface area contributed by atoms with E-state index in [0.29, 0.717) is 22.7 Å². The molecule has 0 aliphatic carbocycles. The Kier molecular flexibility index (Phi) is 5.36. The van der Waals surface area contributed by atoms with Crippen molar-refractivity contribution in [3.8, 4) is 17.2 Å². The number of carbonyl (C=O) groups excluding carboxylic acids is 1. The van der Waals surface area contributed by atoms with Crippen molar-refractivity contribution in [2.45, 2.75) is 0 Å². The summed E-state index contributed by atoms with van der Waals surface area (Å²) >= 11 is 3.38. The molecule has 0 radical (unpaired) electrons. The lowest BCUT2D eigenvalue weighted by Gasteiger charge is -2.09. The van der Waals surface area contributed by atoms with Crippen molar-refractivity contribution < 1.29 is 14.3 Å². The van der Waals surface area contributed by atoms with E-state index in [-0.39, 0.29) is 5.91 Å². The third kappa shape index (κ3) is 4.39. The Balaban J connectivity index is 1.66. The van der Waals surface area contributed by atoms with Crippen molar-refractivity contribution in [1.82, 2.24) is 0 Å². The Morgan fingerprint density at radius 3 is 2.24 bits per heavy atom. The fourth-order valence-electron chi connectivity index (χ4n) is 2.24. The Bertz CT molecular complexity index is 864. The Morgan fingerprint density at radius 2 is 1.60 bits per heavy atom. The van der Waals surface area contributed by atoms with Crippen LogP contribution in [0.15, 0.2) is 77.3 Å². The van der Waals surface area contributed by atoms with Gasteiger partial charge in [0.1, 0.15) is 17.2 Å². The fraction of sp³-hybridized carbons (Fsp3) is 0.0500. The van der Waals surface area contributed by atoms with Crippen molar-refractivity contribution in [2.75, 3.05) is 12.4 Å². The molecule has 126 valence electrons. The average Bonchev–Trinajstić information content (AvgIpc) is 2.64. The molecule has 1 N–H and O–H groups in total. The summed E-state index contributed by atoms with van der Waals surface area (Å²) in [6.07, 6.45) is 0. The number of rotatable bonds is 5. The summed E-state index contributed by atoms with van der Waals surface area (Å²) in [6.45, 7) is 0. The molecule has 0 saturated heterocycles. The molecule has 5 heteroatoms. The van der Waals surface area contributed by atoms with Crippen molar-refractivity contribution in [2.24, 2.45) is 0 Å². The van der Waals surface area contributed by atoms with Crippen molar-refractivity contribution >= 4 is 27.5 Å². The Hall–Kier alpha value is -2.79. The number of benzene rings is 3. The van der Waals surface area contributed by atoms with Crippen LogP contribution >= 0.6 is 15.9 Å². The minimum atomic E-state index is -0.194. The highest BCUT2D eigenvalue weighted by Gasteiger charge is 2.09. The van der Waals surface area contributed by atoms with Gasteiger partial charge in [-0.2, -0.15) is 0 Å². The number of halogens is 1. The molecule has 0 spiro atoms. The number of methoxy groups -OCH3 is 1. The van der Waals surface area contributed by atoms with Gasteiger partial charge in [0.2, 0.25) is 0 Å². The molecule has 0 fully saturated rings. The fourth-order valence-corrected chi connectivity index (χ4v) is 2.78. The number of hydrogen-bond acceptors (Lipinski definition) is 3. The molecule has 1 amide bonds. The van der Waals surface area contributed by atoms with Crippen LogP contribution in [0.5, 0.6) is 17.2 Å². The zero-order chi connectivity index (χ0) is 17.6. The van der Waals surface area contributed by atoms with Crippen LogP contribution in [0.25, 0.3) is 0 Å². The van der Waals surface area contributed by atoms with Crippen molar-refractivity contribution in [3.63, 3.8) is 0 Å². The molecule has 0 aliphatic rings. The van der Waals surface area contributed by atoms with E-state index in [1.165, 1.54) is 0 Å². The first kappa shape index (κ1) is 17.0. The molecule has 0 bridgehead atoms. The van der Waals surface area contributed by atoms with E-state index >= 15 is 0 Å². The summed E-state index contributed by atoms with van der Waals surface area (Å²) in [6, 6.07) is 21.9. The molecular weight excluding hydrogens is 382 g/mol. The largest absolute Gasteiger partial charge is 0.496 e. The van der Waals surface area contributed by atoms with E-state index < -0.39 is 0 Å². The minimum Gasteiger partial charge on any atom is -0.496 e. The Labute approximate surface area is 154 Å². The van der Waals surface area contributed by atoms with Gasteiger partial charge in [0.05, 0.1) is 11.6 Å². The molecule has 3 aromatic rings. The monoisotopic (exact) mass is 397 g/mol. The predicted octanol–water partition coefficient (Wildman–Crippen LogP) is 5.50. The number of ether oxygens (including phenoxy) is 2. The third-order valence-corrected chi connectivity index (χ3v) is 4.12. The van der Waals surface area contributed by atoms with Crippen molar-refractivity contribution in [1.29, 1.82) is 0 Å². The molecular formula is C20H16BrNO3. The third-order valence-electron chi connectivity index (χ3n) is 3.51. The standard InChI is InChI=1S/C20H16BrNO3/c1-24-19-12-7-14(13-18(19)21)20(23)22-15-8-10-17(11-9-15)25-16-5-3-2-4-6-16/h2-13H,1H3,(H,22,23). The summed E-state index contributed by atoms with van der Waals surface area (Å²) in [5.41, 5.74) is 1.23. The summed E-state index contributed by atoms with van der Waals surface area (Å²) in [4.78, 5) is 12.3. The van der Waals surface area contributed by atoms with E-state index in [9.17, 15) is 4.79 Å². The SMILES string of the molecule is COc1ccc(C(=O)Nc2ccc(Oc3ccccc3)cc2)cc1Br. The van der Waals surface area contributed by atoms with Crippen LogP contribution in [0.1, 0.15) is 10.4 Å². The molecule has 3 aromatic carbocycles. The van der Waals surface area contributed by atoms with E-state index in [0.717, 1.165) is 10.2 Å². The average molecular weight is 398 g/mol. The van der Waals surface area contributed by atoms with Gasteiger partial charge in [0.15, 0.2) is 0 Å². The van der Waals surface area contributed by atoms with Gasteiger partial charge in [0, 0.05) is 11.3 Å². The smallest absolute Gasteiger partial charge is 0.255 e. The van der Waals surface area contributed by atoms with Crippen LogP contribution in [0.3, 0.4) is 0 Å². The van der Waals surface area contributed by atoms with Gasteiger partial charge in [0.25, 0.3) is 5.91 Å². The molecule has 0 aromatic heterocycles. The molecule has 3 rings (SSSR count). The highest BCUT2D eigenvalue weighted by molar-refractivity contribution is 9.10. The maximum atomic E-state index is 12.3. The highest BCUT2D eigenvalue weighted by atomic mass is 79.9. The van der Waals surface area contributed by atoms with E-state index in [4.69, 9.17) is 9.47 Å². The first-order valence-corrected chi connectivity index (χ1v) is 8.43. The lowest BCUT2D eigenvalue weighted by Crippen LogP contribution is -2.11. The van der Waals surface area contributed by atoms with Gasteiger partial charge in [-0.15, -0.1) is 0 Å². The number of nitrogens with one attached hydrogen (secondary N) is 1. The van der Waals surface area contributed by atoms with Gasteiger partial charge in [-0.1, -0.05) is 18.2 Å². The second-order valence-electron chi connectivity index (χ2n) is 5.24. The van der Waals surface area contributed by atoms with Crippen LogP contribution in [0, 0.1) is 0 Å². The molecule has 0 atom stereocenters. The van der Waals surface area contributed by atoms with Crippen LogP contribution in [-0.4, -0.2) is 13.0 Å². The molecule has 0 aliphatic heterocycles. The molecule has 0 unspecified atom stereocenters. The van der Waals surface area contributed by atoms with Gasteiger partial charge in [-0.3, -0.25) is 4.79 Å². The number of amides is 1. The van der Waals surface area contributed by atoms with E-state index in [1.54, 1.807) is 37.4 Å². The second kappa shape index (κ2) is 7.85. The molecule has 0 heterocycles. The second-order valence-corrected chi connectivity index (χ2v) is 6.10. The zero-order valence-corrected chi connectivity index (χ0v) is 15.1. The summed E-state index contributed by atoms with van der Waals surface area (Å²) in [5.74, 6) is 1.96. The van der Waals surface area contributed by atoms with Crippen LogP contribution in [-0.2, 0) is 0 Å². The molecule has 4 nitrogen and oxygen atoms in total. The summed E-state index contributed by atoms with van der Waals surface area (Å²) < 4.78 is 11.6. The lowest BCUT2D eigenvalue weighted by atomic mass is 10.2. The highest BCUT2D eigenvalue weighted by Crippen LogP contribution is 2.26. The summed E-state index contributed by atoms with van der Waals surface area (Å²) in [5, 5.41) is 2.86. The van der Waals surface area contributed by atoms with Gasteiger partial charge in [-0.05, 0) is 70.5 Å². The van der Waals surface area contributed by atoms with E-state index in [2.05, 4.69) is 21.2 Å². The number of para-hydroxylation sites is 1. The number of hydrogen-bond donors (Lipinski definition) is 1. The van der Waals surface area contributed by atoms with Gasteiger partial charge in [-0.25, -0.2) is 0 Å². The van der Waals surface area contributed by atoms with Crippen LogP contribution in [0.2, 0.25) is 0 Å².